The van der Waals surface area contributed by atoms with Gasteiger partial charge in [0.25, 0.3) is 0 Å². The summed E-state index contributed by atoms with van der Waals surface area (Å²) >= 11 is 0. The van der Waals surface area contributed by atoms with Crippen LogP contribution < -0.4 is 34.3 Å². The first-order valence-electron chi connectivity index (χ1n) is 13.2. The normalized spacial score (nSPS) is 10.7. The van der Waals surface area contributed by atoms with Crippen LogP contribution in [0.15, 0.2) is 48.5 Å². The second kappa shape index (κ2) is 19.7. The van der Waals surface area contributed by atoms with Gasteiger partial charge in [0, 0.05) is 0 Å². The Kier molecular flexibility index (Phi) is 18.0. The standard InChI is InChI=1S/C30H46O.Na/c1-3-5-7-9-11-13-15-21-27-23-17-19-25-29(27)31-30-26-20-18-24-28(30)22-16-14-12-10-8-6-4-2;/h17-20,23-26H,3-16,21-22H2,1-2H3;/q;+1. The van der Waals surface area contributed by atoms with Gasteiger partial charge in [-0.3, -0.25) is 0 Å². The molecule has 0 radical (unpaired) electrons. The van der Waals surface area contributed by atoms with E-state index in [-0.39, 0.29) is 29.6 Å². The average Bonchev–Trinajstić information content (AvgIpc) is 2.80. The van der Waals surface area contributed by atoms with Crippen molar-refractivity contribution in [3.8, 4) is 11.5 Å². The minimum absolute atomic E-state index is 0. The van der Waals surface area contributed by atoms with Crippen LogP contribution in [0.4, 0.5) is 0 Å². The van der Waals surface area contributed by atoms with Crippen LogP contribution in [-0.4, -0.2) is 0 Å². The molecule has 172 valence electrons. The maximum Gasteiger partial charge on any atom is 1.00 e. The molecule has 0 fully saturated rings. The van der Waals surface area contributed by atoms with Gasteiger partial charge >= 0.3 is 29.6 Å². The number of hydrogen-bond donors (Lipinski definition) is 0. The van der Waals surface area contributed by atoms with Crippen LogP contribution in [0.3, 0.4) is 0 Å². The van der Waals surface area contributed by atoms with Gasteiger partial charge in [-0.1, -0.05) is 127 Å². The van der Waals surface area contributed by atoms with E-state index in [1.165, 1.54) is 101 Å². The molecule has 0 aliphatic rings. The van der Waals surface area contributed by atoms with Crippen molar-refractivity contribution in [2.75, 3.05) is 0 Å². The van der Waals surface area contributed by atoms with Crippen molar-refractivity contribution in [1.29, 1.82) is 0 Å². The van der Waals surface area contributed by atoms with Gasteiger partial charge in [-0.05, 0) is 48.9 Å². The molecule has 0 atom stereocenters. The molecule has 0 bridgehead atoms. The predicted molar refractivity (Wildman–Crippen MR) is 136 cm³/mol. The summed E-state index contributed by atoms with van der Waals surface area (Å²) in [4.78, 5) is 0. The van der Waals surface area contributed by atoms with Crippen molar-refractivity contribution in [1.82, 2.24) is 0 Å². The first kappa shape index (κ1) is 29.3. The molecule has 0 amide bonds. The summed E-state index contributed by atoms with van der Waals surface area (Å²) in [5.74, 6) is 2.08. The number of hydrogen-bond acceptors (Lipinski definition) is 1. The minimum atomic E-state index is 0. The summed E-state index contributed by atoms with van der Waals surface area (Å²) in [5.41, 5.74) is 2.70. The predicted octanol–water partition coefficient (Wildman–Crippen LogP) is 7.07. The molecule has 0 aromatic heterocycles. The second-order valence-corrected chi connectivity index (χ2v) is 9.06. The van der Waals surface area contributed by atoms with Crippen molar-refractivity contribution in [2.45, 2.75) is 117 Å². The van der Waals surface area contributed by atoms with Crippen molar-refractivity contribution in [2.24, 2.45) is 0 Å². The molecule has 2 aromatic carbocycles. The van der Waals surface area contributed by atoms with Gasteiger partial charge in [-0.15, -0.1) is 0 Å². The molecule has 2 heteroatoms. The summed E-state index contributed by atoms with van der Waals surface area (Å²) in [6.45, 7) is 4.56. The van der Waals surface area contributed by atoms with E-state index in [1.54, 1.807) is 0 Å². The Morgan fingerprint density at radius 1 is 0.469 bits per heavy atom. The van der Waals surface area contributed by atoms with Crippen LogP contribution in [0.5, 0.6) is 11.5 Å². The van der Waals surface area contributed by atoms with E-state index in [0.717, 1.165) is 24.3 Å². The van der Waals surface area contributed by atoms with E-state index in [0.29, 0.717) is 0 Å². The van der Waals surface area contributed by atoms with Crippen LogP contribution in [0.25, 0.3) is 0 Å². The van der Waals surface area contributed by atoms with Crippen LogP contribution >= 0.6 is 0 Å². The van der Waals surface area contributed by atoms with Crippen molar-refractivity contribution >= 4 is 0 Å². The van der Waals surface area contributed by atoms with Crippen LogP contribution in [0.1, 0.15) is 115 Å². The molecule has 2 aromatic rings. The molecule has 2 rings (SSSR count). The first-order chi connectivity index (χ1) is 15.3. The second-order valence-electron chi connectivity index (χ2n) is 9.06. The van der Waals surface area contributed by atoms with Gasteiger partial charge in [0.2, 0.25) is 0 Å². The maximum atomic E-state index is 6.46. The van der Waals surface area contributed by atoms with E-state index in [1.807, 2.05) is 0 Å². The molecule has 0 heterocycles. The molecular formula is C30H46NaO+. The van der Waals surface area contributed by atoms with Gasteiger partial charge in [0.05, 0.1) is 0 Å². The molecule has 0 spiro atoms. The van der Waals surface area contributed by atoms with E-state index in [2.05, 4.69) is 62.4 Å². The van der Waals surface area contributed by atoms with E-state index < -0.39 is 0 Å². The zero-order chi connectivity index (χ0) is 22.0. The van der Waals surface area contributed by atoms with Crippen molar-refractivity contribution in [3.05, 3.63) is 59.7 Å². The third-order valence-electron chi connectivity index (χ3n) is 6.26. The first-order valence-corrected chi connectivity index (χ1v) is 13.2. The van der Waals surface area contributed by atoms with Gasteiger partial charge in [-0.25, -0.2) is 0 Å². The summed E-state index contributed by atoms with van der Waals surface area (Å²) < 4.78 is 6.46. The Bertz CT molecular complexity index is 637. The topological polar surface area (TPSA) is 9.23 Å². The van der Waals surface area contributed by atoms with Gasteiger partial charge < -0.3 is 4.74 Å². The van der Waals surface area contributed by atoms with Crippen LogP contribution in [0, 0.1) is 0 Å². The summed E-state index contributed by atoms with van der Waals surface area (Å²) in [6.07, 6.45) is 21.1. The number of aryl methyl sites for hydroxylation is 2. The fourth-order valence-electron chi connectivity index (χ4n) is 4.28. The Morgan fingerprint density at radius 3 is 1.22 bits per heavy atom. The molecule has 0 unspecified atom stereocenters. The third-order valence-corrected chi connectivity index (χ3v) is 6.26. The van der Waals surface area contributed by atoms with E-state index in [9.17, 15) is 0 Å². The third kappa shape index (κ3) is 12.5. The molecule has 32 heavy (non-hydrogen) atoms. The summed E-state index contributed by atoms with van der Waals surface area (Å²) in [6, 6.07) is 17.3. The minimum Gasteiger partial charge on any atom is -0.457 e. The molecule has 0 N–H and O–H groups in total. The number of benzene rings is 2. The van der Waals surface area contributed by atoms with Crippen LogP contribution in [0.2, 0.25) is 0 Å². The summed E-state index contributed by atoms with van der Waals surface area (Å²) in [7, 11) is 0. The zero-order valence-electron chi connectivity index (χ0n) is 21.3. The zero-order valence-corrected chi connectivity index (χ0v) is 23.3. The fourth-order valence-corrected chi connectivity index (χ4v) is 4.28. The quantitative estimate of drug-likeness (QED) is 0.176. The molecule has 0 aliphatic carbocycles. The van der Waals surface area contributed by atoms with Gasteiger partial charge in [0.1, 0.15) is 11.5 Å². The monoisotopic (exact) mass is 445 g/mol. The molecular weight excluding hydrogens is 399 g/mol. The van der Waals surface area contributed by atoms with Gasteiger partial charge in [-0.2, -0.15) is 0 Å². The average molecular weight is 446 g/mol. The number of unbranched alkanes of at least 4 members (excludes halogenated alkanes) is 12. The van der Waals surface area contributed by atoms with E-state index >= 15 is 0 Å². The molecule has 0 aliphatic heterocycles. The van der Waals surface area contributed by atoms with Crippen molar-refractivity contribution < 1.29 is 34.3 Å². The largest absolute Gasteiger partial charge is 1.00 e. The Labute approximate surface area is 221 Å². The number of ether oxygens (including phenoxy) is 1. The Hall–Kier alpha value is -0.760. The summed E-state index contributed by atoms with van der Waals surface area (Å²) in [5, 5.41) is 0. The Balaban J connectivity index is 0.00000512. The molecule has 0 saturated carbocycles. The maximum absolute atomic E-state index is 6.46. The smallest absolute Gasteiger partial charge is 0.457 e. The Morgan fingerprint density at radius 2 is 0.812 bits per heavy atom. The van der Waals surface area contributed by atoms with Crippen molar-refractivity contribution in [3.63, 3.8) is 0 Å². The molecule has 0 saturated heterocycles. The fraction of sp³-hybridized carbons (Fsp3) is 0.600. The number of para-hydroxylation sites is 2. The van der Waals surface area contributed by atoms with E-state index in [4.69, 9.17) is 4.74 Å². The number of rotatable bonds is 18. The SMILES string of the molecule is CCCCCCCCCc1ccccc1Oc1ccccc1CCCCCCCCC.[Na+]. The van der Waals surface area contributed by atoms with Crippen LogP contribution in [-0.2, 0) is 12.8 Å². The molecule has 1 nitrogen and oxygen atoms in total. The van der Waals surface area contributed by atoms with Gasteiger partial charge in [0.15, 0.2) is 0 Å².